The molecule has 0 aliphatic carbocycles. The minimum Gasteiger partial charge on any atom is -0.352 e. The van der Waals surface area contributed by atoms with Gasteiger partial charge in [-0.2, -0.15) is 4.31 Å². The van der Waals surface area contributed by atoms with Crippen molar-refractivity contribution in [2.24, 2.45) is 0 Å². The molecule has 0 atom stereocenters. The summed E-state index contributed by atoms with van der Waals surface area (Å²) in [5, 5.41) is 3.09. The van der Waals surface area contributed by atoms with Crippen molar-refractivity contribution in [3.05, 3.63) is 59.1 Å². The number of piperidine rings is 1. The number of thioether (sulfide) groups is 1. The Bertz CT molecular complexity index is 930. The van der Waals surface area contributed by atoms with Gasteiger partial charge in [0, 0.05) is 24.5 Å². The average molecular weight is 453 g/mol. The van der Waals surface area contributed by atoms with Gasteiger partial charge in [-0.05, 0) is 55.3 Å². The fourth-order valence-corrected chi connectivity index (χ4v) is 5.79. The Morgan fingerprint density at radius 3 is 2.52 bits per heavy atom. The van der Waals surface area contributed by atoms with Gasteiger partial charge in [-0.3, -0.25) is 4.79 Å². The molecule has 0 bridgehead atoms. The number of amides is 1. The minimum absolute atomic E-state index is 0.119. The summed E-state index contributed by atoms with van der Waals surface area (Å²) in [5.74, 6) is 0.525. The quantitative estimate of drug-likeness (QED) is 0.475. The molecule has 1 fully saturated rings. The summed E-state index contributed by atoms with van der Waals surface area (Å²) in [6.45, 7) is 1.54. The molecule has 0 radical (unpaired) electrons. The maximum Gasteiger partial charge on any atom is 0.252 e. The van der Waals surface area contributed by atoms with Crippen LogP contribution in [0.2, 0.25) is 5.02 Å². The summed E-state index contributed by atoms with van der Waals surface area (Å²) in [7, 11) is -3.60. The highest BCUT2D eigenvalue weighted by Gasteiger charge is 2.27. The Balaban J connectivity index is 1.58. The molecule has 5 nitrogen and oxygen atoms in total. The molecule has 1 aliphatic heterocycles. The van der Waals surface area contributed by atoms with E-state index in [9.17, 15) is 13.2 Å². The highest BCUT2D eigenvalue weighted by molar-refractivity contribution is 7.99. The van der Waals surface area contributed by atoms with Crippen molar-refractivity contribution in [3.63, 3.8) is 0 Å². The number of halogens is 1. The van der Waals surface area contributed by atoms with Gasteiger partial charge in [0.1, 0.15) is 0 Å². The van der Waals surface area contributed by atoms with Gasteiger partial charge in [-0.25, -0.2) is 8.42 Å². The first kappa shape index (κ1) is 22.2. The molecule has 2 aromatic rings. The van der Waals surface area contributed by atoms with Crippen LogP contribution in [0.25, 0.3) is 0 Å². The molecule has 29 heavy (non-hydrogen) atoms. The monoisotopic (exact) mass is 452 g/mol. The van der Waals surface area contributed by atoms with Crippen LogP contribution < -0.4 is 5.32 Å². The molecular weight excluding hydrogens is 428 g/mol. The average Bonchev–Trinajstić information content (AvgIpc) is 2.75. The Hall–Kier alpha value is -1.54. The zero-order chi connectivity index (χ0) is 20.7. The van der Waals surface area contributed by atoms with Gasteiger partial charge in [0.15, 0.2) is 0 Å². The highest BCUT2D eigenvalue weighted by atomic mass is 35.5. The van der Waals surface area contributed by atoms with E-state index >= 15 is 0 Å². The van der Waals surface area contributed by atoms with Gasteiger partial charge in [0.05, 0.1) is 15.5 Å². The topological polar surface area (TPSA) is 66.5 Å². The molecule has 1 N–H and O–H groups in total. The molecule has 8 heteroatoms. The van der Waals surface area contributed by atoms with Crippen molar-refractivity contribution in [1.82, 2.24) is 9.62 Å². The normalized spacial score (nSPS) is 15.2. The number of hydrogen-bond acceptors (Lipinski definition) is 4. The van der Waals surface area contributed by atoms with E-state index in [0.29, 0.717) is 19.6 Å². The van der Waals surface area contributed by atoms with Gasteiger partial charge in [-0.15, -0.1) is 11.8 Å². The van der Waals surface area contributed by atoms with Crippen molar-refractivity contribution >= 4 is 39.3 Å². The zero-order valence-corrected chi connectivity index (χ0v) is 18.5. The van der Waals surface area contributed by atoms with Crippen molar-refractivity contribution in [3.8, 4) is 0 Å². The summed E-state index contributed by atoms with van der Waals surface area (Å²) < 4.78 is 27.2. The van der Waals surface area contributed by atoms with Crippen LogP contribution >= 0.6 is 23.4 Å². The maximum atomic E-state index is 12.9. The molecule has 3 rings (SSSR count). The lowest BCUT2D eigenvalue weighted by molar-refractivity contribution is 0.0953. The third-order valence-electron chi connectivity index (χ3n) is 4.75. The van der Waals surface area contributed by atoms with Crippen molar-refractivity contribution in [2.45, 2.75) is 35.5 Å². The van der Waals surface area contributed by atoms with E-state index in [1.807, 2.05) is 18.2 Å². The number of benzene rings is 2. The zero-order valence-electron chi connectivity index (χ0n) is 16.1. The van der Waals surface area contributed by atoms with E-state index < -0.39 is 10.0 Å². The largest absolute Gasteiger partial charge is 0.352 e. The molecule has 1 amide bonds. The summed E-state index contributed by atoms with van der Waals surface area (Å²) in [6.07, 6.45) is 3.57. The van der Waals surface area contributed by atoms with Crippen molar-refractivity contribution in [1.29, 1.82) is 0 Å². The number of nitrogens with zero attached hydrogens (tertiary/aromatic N) is 1. The van der Waals surface area contributed by atoms with Crippen LogP contribution in [0.3, 0.4) is 0 Å². The molecule has 0 saturated carbocycles. The number of carbonyl (C=O) groups is 1. The third-order valence-corrected chi connectivity index (χ3v) is 8.08. The second-order valence-electron chi connectivity index (χ2n) is 6.88. The second-order valence-corrected chi connectivity index (χ2v) is 10.4. The summed E-state index contributed by atoms with van der Waals surface area (Å²) in [5.41, 5.74) is 0.195. The fourth-order valence-electron chi connectivity index (χ4n) is 3.17. The molecule has 0 unspecified atom stereocenters. The van der Waals surface area contributed by atoms with Gasteiger partial charge in [-0.1, -0.05) is 36.2 Å². The van der Waals surface area contributed by atoms with E-state index in [2.05, 4.69) is 17.4 Å². The first-order valence-corrected chi connectivity index (χ1v) is 12.5. The molecule has 0 spiro atoms. The Morgan fingerprint density at radius 1 is 1.07 bits per heavy atom. The number of carbonyl (C=O) groups excluding carboxylic acids is 1. The minimum atomic E-state index is -3.60. The molecule has 1 saturated heterocycles. The Morgan fingerprint density at radius 2 is 1.79 bits per heavy atom. The maximum absolute atomic E-state index is 12.9. The summed E-state index contributed by atoms with van der Waals surface area (Å²) in [6, 6.07) is 14.4. The predicted octanol–water partition coefficient (Wildman–Crippen LogP) is 4.43. The van der Waals surface area contributed by atoms with E-state index in [0.717, 1.165) is 31.4 Å². The first-order valence-electron chi connectivity index (χ1n) is 9.74. The predicted molar refractivity (Wildman–Crippen MR) is 118 cm³/mol. The van der Waals surface area contributed by atoms with Crippen LogP contribution in [0, 0.1) is 0 Å². The van der Waals surface area contributed by atoms with E-state index in [1.54, 1.807) is 11.8 Å². The number of rotatable bonds is 8. The van der Waals surface area contributed by atoms with Crippen molar-refractivity contribution < 1.29 is 13.2 Å². The van der Waals surface area contributed by atoms with Crippen LogP contribution in [0.5, 0.6) is 0 Å². The standard InChI is InChI=1S/C21H25ClN2O3S2/c22-20-11-10-18(29(26,27)24-13-5-2-6-14-24)16-19(20)21(25)23-12-7-15-28-17-8-3-1-4-9-17/h1,3-4,8-11,16H,2,5-7,12-15H2,(H,23,25). The Labute approximate surface area is 181 Å². The highest BCUT2D eigenvalue weighted by Crippen LogP contribution is 2.25. The molecule has 1 heterocycles. The lowest BCUT2D eigenvalue weighted by atomic mass is 10.2. The number of sulfonamides is 1. The molecular formula is C21H25ClN2O3S2. The van der Waals surface area contributed by atoms with E-state index in [4.69, 9.17) is 11.6 Å². The second kappa shape index (κ2) is 10.5. The summed E-state index contributed by atoms with van der Waals surface area (Å²) in [4.78, 5) is 13.9. The molecule has 1 aliphatic rings. The first-order chi connectivity index (χ1) is 14.0. The Kier molecular flexibility index (Phi) is 8.00. The van der Waals surface area contributed by atoms with E-state index in [1.165, 1.54) is 27.4 Å². The van der Waals surface area contributed by atoms with Crippen molar-refractivity contribution in [2.75, 3.05) is 25.4 Å². The van der Waals surface area contributed by atoms with Gasteiger partial charge in [0.25, 0.3) is 5.91 Å². The van der Waals surface area contributed by atoms with Crippen LogP contribution in [0.15, 0.2) is 58.3 Å². The molecule has 156 valence electrons. The number of nitrogens with one attached hydrogen (secondary N) is 1. The van der Waals surface area contributed by atoms with Crippen LogP contribution in [0.1, 0.15) is 36.0 Å². The molecule has 2 aromatic carbocycles. The van der Waals surface area contributed by atoms with Crippen LogP contribution in [-0.2, 0) is 10.0 Å². The van der Waals surface area contributed by atoms with Gasteiger partial charge >= 0.3 is 0 Å². The SMILES string of the molecule is O=C(NCCCSc1ccccc1)c1cc(S(=O)(=O)N2CCCCC2)ccc1Cl. The van der Waals surface area contributed by atoms with Gasteiger partial charge < -0.3 is 5.32 Å². The van der Waals surface area contributed by atoms with E-state index in [-0.39, 0.29) is 21.4 Å². The summed E-state index contributed by atoms with van der Waals surface area (Å²) >= 11 is 7.90. The smallest absolute Gasteiger partial charge is 0.252 e. The van der Waals surface area contributed by atoms with Gasteiger partial charge in [0.2, 0.25) is 10.0 Å². The fraction of sp³-hybridized carbons (Fsp3) is 0.381. The number of hydrogen-bond donors (Lipinski definition) is 1. The third kappa shape index (κ3) is 5.98. The van der Waals surface area contributed by atoms with Crippen LogP contribution in [0.4, 0.5) is 0 Å². The van der Waals surface area contributed by atoms with Crippen LogP contribution in [-0.4, -0.2) is 44.0 Å². The lowest BCUT2D eigenvalue weighted by Gasteiger charge is -2.26. The molecule has 0 aromatic heterocycles. The lowest BCUT2D eigenvalue weighted by Crippen LogP contribution is -2.35.